The second-order valence-corrected chi connectivity index (χ2v) is 3.69. The first-order valence-electron chi connectivity index (χ1n) is 5.36. The first-order chi connectivity index (χ1) is 7.63. The number of hydrogen-bond acceptors (Lipinski definition) is 5. The fourth-order valence-electron chi connectivity index (χ4n) is 1.43. The Morgan fingerprint density at radius 2 is 2.12 bits per heavy atom. The molecule has 1 aliphatic heterocycles. The second kappa shape index (κ2) is 6.22. The van der Waals surface area contributed by atoms with Crippen LogP contribution >= 0.6 is 0 Å². The van der Waals surface area contributed by atoms with Crippen LogP contribution in [0.25, 0.3) is 0 Å². The van der Waals surface area contributed by atoms with Gasteiger partial charge in [0, 0.05) is 6.42 Å². The molecular weight excluding hydrogens is 212 g/mol. The summed E-state index contributed by atoms with van der Waals surface area (Å²) in [5, 5.41) is 2.08. The van der Waals surface area contributed by atoms with Gasteiger partial charge in [0.1, 0.15) is 0 Å². The Balaban J connectivity index is 2.19. The predicted octanol–water partition coefficient (Wildman–Crippen LogP) is -0.536. The number of ether oxygens (including phenoxy) is 1. The van der Waals surface area contributed by atoms with Crippen LogP contribution in [-0.2, 0) is 19.1 Å². The number of carbonyl (C=O) groups excluding carboxylic acids is 3. The van der Waals surface area contributed by atoms with Crippen LogP contribution in [0.1, 0.15) is 32.1 Å². The topological polar surface area (TPSA) is 98.5 Å². The van der Waals surface area contributed by atoms with Gasteiger partial charge in [0.05, 0.1) is 6.42 Å². The van der Waals surface area contributed by atoms with Crippen molar-refractivity contribution in [2.45, 2.75) is 38.2 Å². The minimum absolute atomic E-state index is 0.0621. The Hall–Kier alpha value is -1.43. The van der Waals surface area contributed by atoms with Gasteiger partial charge < -0.3 is 10.5 Å². The lowest BCUT2D eigenvalue weighted by molar-refractivity contribution is -0.154. The quantitative estimate of drug-likeness (QED) is 0.361. The molecule has 90 valence electrons. The van der Waals surface area contributed by atoms with Crippen LogP contribution in [0, 0.1) is 0 Å². The van der Waals surface area contributed by atoms with Gasteiger partial charge in [-0.3, -0.25) is 19.7 Å². The number of nitrogens with one attached hydrogen (secondary N) is 1. The molecule has 0 saturated carbocycles. The van der Waals surface area contributed by atoms with Gasteiger partial charge in [-0.2, -0.15) is 0 Å². The van der Waals surface area contributed by atoms with E-state index in [1.54, 1.807) is 0 Å². The smallest absolute Gasteiger partial charge is 0.306 e. The molecule has 1 atom stereocenters. The van der Waals surface area contributed by atoms with E-state index in [0.29, 0.717) is 13.0 Å². The van der Waals surface area contributed by atoms with Gasteiger partial charge in [-0.05, 0) is 19.4 Å². The first-order valence-corrected chi connectivity index (χ1v) is 5.36. The standard InChI is InChI=1S/C10H16N2O4/c11-5-3-1-2-4-9(14)16-7-6-8(13)12-10(7)15/h7H,1-6,11H2,(H,12,13,15). The molecule has 0 spiro atoms. The molecule has 1 aliphatic rings. The van der Waals surface area contributed by atoms with Crippen molar-refractivity contribution in [3.8, 4) is 0 Å². The molecule has 0 aromatic rings. The van der Waals surface area contributed by atoms with Crippen LogP contribution < -0.4 is 11.1 Å². The highest BCUT2D eigenvalue weighted by molar-refractivity contribution is 6.05. The Morgan fingerprint density at radius 3 is 2.69 bits per heavy atom. The lowest BCUT2D eigenvalue weighted by atomic mass is 10.2. The molecule has 1 fully saturated rings. The lowest BCUT2D eigenvalue weighted by Gasteiger charge is -2.08. The number of imide groups is 1. The van der Waals surface area contributed by atoms with E-state index in [2.05, 4.69) is 5.32 Å². The first kappa shape index (κ1) is 12.6. The summed E-state index contributed by atoms with van der Waals surface area (Å²) in [6, 6.07) is 0. The Morgan fingerprint density at radius 1 is 1.38 bits per heavy atom. The summed E-state index contributed by atoms with van der Waals surface area (Å²) in [4.78, 5) is 33.1. The van der Waals surface area contributed by atoms with Crippen molar-refractivity contribution in [2.75, 3.05) is 6.54 Å². The van der Waals surface area contributed by atoms with Crippen LogP contribution in [0.15, 0.2) is 0 Å². The van der Waals surface area contributed by atoms with Crippen molar-refractivity contribution in [3.05, 3.63) is 0 Å². The number of amides is 2. The van der Waals surface area contributed by atoms with E-state index >= 15 is 0 Å². The van der Waals surface area contributed by atoms with Crippen LogP contribution in [0.2, 0.25) is 0 Å². The highest BCUT2D eigenvalue weighted by Crippen LogP contribution is 2.09. The maximum Gasteiger partial charge on any atom is 0.306 e. The van der Waals surface area contributed by atoms with Gasteiger partial charge in [-0.1, -0.05) is 6.42 Å². The van der Waals surface area contributed by atoms with E-state index in [9.17, 15) is 14.4 Å². The largest absolute Gasteiger partial charge is 0.452 e. The van der Waals surface area contributed by atoms with E-state index in [1.165, 1.54) is 0 Å². The van der Waals surface area contributed by atoms with Crippen LogP contribution in [0.4, 0.5) is 0 Å². The van der Waals surface area contributed by atoms with Crippen molar-refractivity contribution in [1.82, 2.24) is 5.32 Å². The summed E-state index contributed by atoms with van der Waals surface area (Å²) in [6.07, 6.45) is 1.69. The van der Waals surface area contributed by atoms with Gasteiger partial charge in [0.2, 0.25) is 5.91 Å². The maximum absolute atomic E-state index is 11.3. The third-order valence-corrected chi connectivity index (χ3v) is 2.28. The van der Waals surface area contributed by atoms with Gasteiger partial charge in [0.15, 0.2) is 6.10 Å². The van der Waals surface area contributed by atoms with E-state index in [0.717, 1.165) is 12.8 Å². The Bertz CT molecular complexity index is 291. The predicted molar refractivity (Wildman–Crippen MR) is 55.2 cm³/mol. The fraction of sp³-hybridized carbons (Fsp3) is 0.700. The van der Waals surface area contributed by atoms with Crippen LogP contribution in [0.3, 0.4) is 0 Å². The highest BCUT2D eigenvalue weighted by atomic mass is 16.5. The normalized spacial score (nSPS) is 19.7. The van der Waals surface area contributed by atoms with Crippen molar-refractivity contribution < 1.29 is 19.1 Å². The monoisotopic (exact) mass is 228 g/mol. The molecule has 0 aromatic heterocycles. The zero-order valence-corrected chi connectivity index (χ0v) is 9.03. The molecule has 2 amide bonds. The molecule has 0 aliphatic carbocycles. The highest BCUT2D eigenvalue weighted by Gasteiger charge is 2.33. The molecule has 0 bridgehead atoms. The molecule has 16 heavy (non-hydrogen) atoms. The second-order valence-electron chi connectivity index (χ2n) is 3.69. The van der Waals surface area contributed by atoms with Crippen molar-refractivity contribution in [2.24, 2.45) is 5.73 Å². The number of unbranched alkanes of at least 4 members (excludes halogenated alkanes) is 2. The van der Waals surface area contributed by atoms with Crippen molar-refractivity contribution in [1.29, 1.82) is 0 Å². The lowest BCUT2D eigenvalue weighted by Crippen LogP contribution is -2.28. The zero-order valence-electron chi connectivity index (χ0n) is 9.03. The molecule has 0 aromatic carbocycles. The van der Waals surface area contributed by atoms with Crippen molar-refractivity contribution >= 4 is 17.8 Å². The zero-order chi connectivity index (χ0) is 12.0. The van der Waals surface area contributed by atoms with Crippen molar-refractivity contribution in [3.63, 3.8) is 0 Å². The fourth-order valence-corrected chi connectivity index (χ4v) is 1.43. The minimum atomic E-state index is -0.936. The van der Waals surface area contributed by atoms with E-state index in [1.807, 2.05) is 0 Å². The summed E-state index contributed by atoms with van der Waals surface area (Å²) >= 11 is 0. The minimum Gasteiger partial charge on any atom is -0.452 e. The number of rotatable bonds is 6. The van der Waals surface area contributed by atoms with E-state index in [-0.39, 0.29) is 12.8 Å². The third-order valence-electron chi connectivity index (χ3n) is 2.28. The molecule has 1 unspecified atom stereocenters. The summed E-state index contributed by atoms with van der Waals surface area (Å²) < 4.78 is 4.87. The van der Waals surface area contributed by atoms with Gasteiger partial charge >= 0.3 is 5.97 Å². The van der Waals surface area contributed by atoms with Gasteiger partial charge in [-0.25, -0.2) is 0 Å². The molecule has 6 nitrogen and oxygen atoms in total. The average molecular weight is 228 g/mol. The van der Waals surface area contributed by atoms with E-state index in [4.69, 9.17) is 10.5 Å². The molecule has 3 N–H and O–H groups in total. The molecule has 0 radical (unpaired) electrons. The Kier molecular flexibility index (Phi) is 4.91. The maximum atomic E-state index is 11.3. The molecule has 6 heteroatoms. The van der Waals surface area contributed by atoms with E-state index < -0.39 is 23.9 Å². The Labute approximate surface area is 93.5 Å². The molecule has 1 rings (SSSR count). The molecule has 1 heterocycles. The average Bonchev–Trinajstić information content (AvgIpc) is 2.52. The summed E-state index contributed by atoms with van der Waals surface area (Å²) in [6.45, 7) is 0.606. The number of nitrogens with two attached hydrogens (primary N) is 1. The van der Waals surface area contributed by atoms with Crippen LogP contribution in [0.5, 0.6) is 0 Å². The summed E-state index contributed by atoms with van der Waals surface area (Å²) in [5.41, 5.74) is 5.30. The van der Waals surface area contributed by atoms with Gasteiger partial charge in [-0.15, -0.1) is 0 Å². The molecular formula is C10H16N2O4. The number of carbonyl (C=O) groups is 3. The SMILES string of the molecule is NCCCCCC(=O)OC1CC(=O)NC1=O. The number of hydrogen-bond donors (Lipinski definition) is 2. The molecule has 1 saturated heterocycles. The summed E-state index contributed by atoms with van der Waals surface area (Å²) in [5.74, 6) is -1.36. The third kappa shape index (κ3) is 3.98. The van der Waals surface area contributed by atoms with Crippen LogP contribution in [-0.4, -0.2) is 30.4 Å². The number of esters is 1. The van der Waals surface area contributed by atoms with Gasteiger partial charge in [0.25, 0.3) is 5.91 Å². The summed E-state index contributed by atoms with van der Waals surface area (Å²) in [7, 11) is 0.